The zero-order chi connectivity index (χ0) is 20.0. The Bertz CT molecular complexity index is 1170. The summed E-state index contributed by atoms with van der Waals surface area (Å²) in [5.41, 5.74) is 5.91. The smallest absolute Gasteiger partial charge is 0.341 e. The van der Waals surface area contributed by atoms with Gasteiger partial charge >= 0.3 is 5.97 Å². The van der Waals surface area contributed by atoms with Crippen molar-refractivity contribution in [1.29, 1.82) is 0 Å². The first-order chi connectivity index (χ1) is 13.5. The molecule has 1 aromatic carbocycles. The summed E-state index contributed by atoms with van der Waals surface area (Å²) < 4.78 is 22.3. The number of benzene rings is 1. The van der Waals surface area contributed by atoms with Crippen molar-refractivity contribution in [2.24, 2.45) is 5.73 Å². The van der Waals surface area contributed by atoms with Crippen molar-refractivity contribution >= 4 is 16.9 Å². The first-order valence-corrected chi connectivity index (χ1v) is 8.81. The van der Waals surface area contributed by atoms with Gasteiger partial charge < -0.3 is 20.1 Å². The largest absolute Gasteiger partial charge is 0.494 e. The van der Waals surface area contributed by atoms with E-state index in [1.165, 1.54) is 13.3 Å². The summed E-state index contributed by atoms with van der Waals surface area (Å²) in [6, 6.07) is 6.19. The summed E-state index contributed by atoms with van der Waals surface area (Å²) in [6.07, 6.45) is 3.00. The fraction of sp³-hybridized carbons (Fsp3) is 0.250. The Morgan fingerprint density at radius 2 is 2.18 bits per heavy atom. The van der Waals surface area contributed by atoms with E-state index < -0.39 is 22.8 Å². The van der Waals surface area contributed by atoms with Crippen LogP contribution >= 0.6 is 0 Å². The molecule has 0 unspecified atom stereocenters. The Kier molecular flexibility index (Phi) is 4.35. The predicted octanol–water partition coefficient (Wildman–Crippen LogP) is 2.70. The summed E-state index contributed by atoms with van der Waals surface area (Å²) in [6.45, 7) is 0.195. The molecule has 144 valence electrons. The van der Waals surface area contributed by atoms with Crippen molar-refractivity contribution < 1.29 is 19.0 Å². The molecule has 4 rings (SSSR count). The first kappa shape index (κ1) is 18.1. The summed E-state index contributed by atoms with van der Waals surface area (Å²) in [5, 5.41) is 9.35. The fourth-order valence-electron chi connectivity index (χ4n) is 3.42. The quantitative estimate of drug-likeness (QED) is 0.701. The molecule has 0 amide bonds. The molecule has 1 aliphatic carbocycles. The average molecular weight is 383 g/mol. The van der Waals surface area contributed by atoms with Crippen LogP contribution < -0.4 is 15.9 Å². The number of methoxy groups -OCH3 is 1. The Balaban J connectivity index is 2.13. The third kappa shape index (κ3) is 2.82. The number of pyridine rings is 2. The molecule has 3 aromatic rings. The van der Waals surface area contributed by atoms with Crippen molar-refractivity contribution in [2.45, 2.75) is 25.4 Å². The topological polar surface area (TPSA) is 107 Å². The highest BCUT2D eigenvalue weighted by Gasteiger charge is 2.30. The number of ether oxygens (including phenoxy) is 1. The van der Waals surface area contributed by atoms with E-state index in [4.69, 9.17) is 10.5 Å². The first-order valence-electron chi connectivity index (χ1n) is 8.81. The van der Waals surface area contributed by atoms with E-state index in [-0.39, 0.29) is 29.3 Å². The van der Waals surface area contributed by atoms with Gasteiger partial charge in [-0.05, 0) is 31.0 Å². The summed E-state index contributed by atoms with van der Waals surface area (Å²) in [4.78, 5) is 28.6. The lowest BCUT2D eigenvalue weighted by molar-refractivity contribution is 0.0695. The second-order valence-corrected chi connectivity index (χ2v) is 6.70. The summed E-state index contributed by atoms with van der Waals surface area (Å²) in [5.74, 6) is -1.91. The van der Waals surface area contributed by atoms with Gasteiger partial charge in [-0.1, -0.05) is 6.07 Å². The molecule has 1 fully saturated rings. The van der Waals surface area contributed by atoms with E-state index in [2.05, 4.69) is 4.98 Å². The highest BCUT2D eigenvalue weighted by Crippen LogP contribution is 2.43. The SMILES string of the molecule is COc1c(-c2cccc(CN)n2)c(F)cc2c(=O)c(C(=O)O)cn(C3CC3)c12. The number of carboxylic acids is 1. The molecule has 0 aliphatic heterocycles. The number of hydrogen-bond acceptors (Lipinski definition) is 5. The maximum absolute atomic E-state index is 15.1. The molecule has 3 N–H and O–H groups in total. The molecule has 7 nitrogen and oxygen atoms in total. The minimum Gasteiger partial charge on any atom is -0.494 e. The minimum absolute atomic E-state index is 0.0279. The number of halogens is 1. The van der Waals surface area contributed by atoms with Gasteiger partial charge in [-0.15, -0.1) is 0 Å². The fourth-order valence-corrected chi connectivity index (χ4v) is 3.42. The van der Waals surface area contributed by atoms with Crippen molar-refractivity contribution in [3.8, 4) is 17.0 Å². The minimum atomic E-state index is -1.35. The van der Waals surface area contributed by atoms with Gasteiger partial charge in [0.2, 0.25) is 5.43 Å². The third-order valence-corrected chi connectivity index (χ3v) is 4.87. The monoisotopic (exact) mass is 383 g/mol. The Labute approximate surface area is 159 Å². The molecule has 0 bridgehead atoms. The number of aromatic carboxylic acids is 1. The molecule has 2 aromatic heterocycles. The van der Waals surface area contributed by atoms with Gasteiger partial charge in [0.15, 0.2) is 5.75 Å². The van der Waals surface area contributed by atoms with Crippen molar-refractivity contribution in [3.63, 3.8) is 0 Å². The zero-order valence-corrected chi connectivity index (χ0v) is 15.1. The molecule has 0 spiro atoms. The van der Waals surface area contributed by atoms with E-state index >= 15 is 4.39 Å². The standard InChI is InChI=1S/C20H18FN3O4/c1-28-19-16(15-4-2-3-10(8-22)23-15)14(21)7-12-17(19)24(11-5-6-11)9-13(18(12)25)20(26)27/h2-4,7,9,11H,5-6,8,22H2,1H3,(H,26,27). The number of nitrogens with zero attached hydrogens (tertiary/aromatic N) is 2. The van der Waals surface area contributed by atoms with Gasteiger partial charge in [-0.3, -0.25) is 9.78 Å². The number of carbonyl (C=O) groups is 1. The van der Waals surface area contributed by atoms with E-state index in [1.54, 1.807) is 22.8 Å². The Morgan fingerprint density at radius 3 is 2.79 bits per heavy atom. The lowest BCUT2D eigenvalue weighted by Gasteiger charge is -2.18. The van der Waals surface area contributed by atoms with E-state index in [1.807, 2.05) is 0 Å². The van der Waals surface area contributed by atoms with E-state index in [0.29, 0.717) is 16.9 Å². The van der Waals surface area contributed by atoms with E-state index in [0.717, 1.165) is 18.9 Å². The lowest BCUT2D eigenvalue weighted by atomic mass is 10.0. The Morgan fingerprint density at radius 1 is 1.43 bits per heavy atom. The number of hydrogen-bond donors (Lipinski definition) is 2. The van der Waals surface area contributed by atoms with Crippen molar-refractivity contribution in [2.75, 3.05) is 7.11 Å². The van der Waals surface area contributed by atoms with Gasteiger partial charge in [-0.2, -0.15) is 0 Å². The number of fused-ring (bicyclic) bond motifs is 1. The molecule has 8 heteroatoms. The molecule has 28 heavy (non-hydrogen) atoms. The van der Waals surface area contributed by atoms with E-state index in [9.17, 15) is 14.7 Å². The molecule has 0 atom stereocenters. The van der Waals surface area contributed by atoms with Crippen LogP contribution in [0.4, 0.5) is 4.39 Å². The lowest BCUT2D eigenvalue weighted by Crippen LogP contribution is -2.19. The molecule has 1 aliphatic rings. The van der Waals surface area contributed by atoms with Crippen LogP contribution in [-0.4, -0.2) is 27.7 Å². The molecular formula is C20H18FN3O4. The van der Waals surface area contributed by atoms with Crippen LogP contribution in [0.25, 0.3) is 22.2 Å². The van der Waals surface area contributed by atoms with Crippen LogP contribution in [0, 0.1) is 5.82 Å². The molecular weight excluding hydrogens is 365 g/mol. The highest BCUT2D eigenvalue weighted by molar-refractivity contribution is 5.97. The van der Waals surface area contributed by atoms with Crippen molar-refractivity contribution in [1.82, 2.24) is 9.55 Å². The van der Waals surface area contributed by atoms with Gasteiger partial charge in [0.1, 0.15) is 11.4 Å². The molecule has 0 radical (unpaired) electrons. The number of rotatable bonds is 5. The molecule has 2 heterocycles. The van der Waals surface area contributed by atoms with Crippen LogP contribution in [0.5, 0.6) is 5.75 Å². The Hall–Kier alpha value is -3.26. The summed E-state index contributed by atoms with van der Waals surface area (Å²) >= 11 is 0. The maximum Gasteiger partial charge on any atom is 0.341 e. The predicted molar refractivity (Wildman–Crippen MR) is 101 cm³/mol. The summed E-state index contributed by atoms with van der Waals surface area (Å²) in [7, 11) is 1.39. The maximum atomic E-state index is 15.1. The van der Waals surface area contributed by atoms with Crippen LogP contribution in [0.15, 0.2) is 35.3 Å². The second kappa shape index (κ2) is 6.72. The van der Waals surface area contributed by atoms with Gasteiger partial charge in [0, 0.05) is 18.8 Å². The van der Waals surface area contributed by atoms with Crippen LogP contribution in [0.1, 0.15) is 34.9 Å². The normalized spacial score (nSPS) is 13.7. The van der Waals surface area contributed by atoms with Crippen LogP contribution in [-0.2, 0) is 6.54 Å². The zero-order valence-electron chi connectivity index (χ0n) is 15.1. The third-order valence-electron chi connectivity index (χ3n) is 4.87. The number of carboxylic acid groups (broad SMARTS) is 1. The number of aromatic nitrogens is 2. The van der Waals surface area contributed by atoms with Crippen LogP contribution in [0.2, 0.25) is 0 Å². The average Bonchev–Trinajstić information content (AvgIpc) is 3.52. The van der Waals surface area contributed by atoms with Crippen LogP contribution in [0.3, 0.4) is 0 Å². The molecule has 1 saturated carbocycles. The van der Waals surface area contributed by atoms with Gasteiger partial charge in [-0.25, -0.2) is 9.18 Å². The van der Waals surface area contributed by atoms with Crippen molar-refractivity contribution in [3.05, 3.63) is 57.8 Å². The number of nitrogens with two attached hydrogens (primary N) is 1. The molecule has 0 saturated heterocycles. The van der Waals surface area contributed by atoms with Gasteiger partial charge in [0.25, 0.3) is 0 Å². The van der Waals surface area contributed by atoms with Gasteiger partial charge in [0.05, 0.1) is 35.0 Å². The highest BCUT2D eigenvalue weighted by atomic mass is 19.1. The second-order valence-electron chi connectivity index (χ2n) is 6.70.